The van der Waals surface area contributed by atoms with E-state index in [-0.39, 0.29) is 5.56 Å². The molecule has 0 unspecified atom stereocenters. The number of nitrogens with zero attached hydrogens (tertiary/aromatic N) is 3. The van der Waals surface area contributed by atoms with Crippen LogP contribution < -0.4 is 4.90 Å². The van der Waals surface area contributed by atoms with Gasteiger partial charge in [0.05, 0.1) is 6.20 Å². The predicted octanol–water partition coefficient (Wildman–Crippen LogP) is 1.17. The topological polar surface area (TPSA) is 66.3 Å². The Balaban J connectivity index is 2.29. The number of rotatable bonds is 2. The number of carbonyl (C=O) groups is 1. The van der Waals surface area contributed by atoms with Crippen LogP contribution in [0.15, 0.2) is 12.3 Å². The van der Waals surface area contributed by atoms with Gasteiger partial charge >= 0.3 is 5.97 Å². The second-order valence-corrected chi connectivity index (χ2v) is 3.62. The molecule has 1 N–H and O–H groups in total. The van der Waals surface area contributed by atoms with E-state index in [1.807, 2.05) is 4.90 Å². The molecule has 1 saturated heterocycles. The molecule has 0 radical (unpaired) electrons. The lowest BCUT2D eigenvalue weighted by atomic mass is 10.1. The fourth-order valence-electron chi connectivity index (χ4n) is 1.83. The summed E-state index contributed by atoms with van der Waals surface area (Å²) in [5, 5.41) is 16.7. The minimum atomic E-state index is -0.939. The number of piperidine rings is 1. The summed E-state index contributed by atoms with van der Waals surface area (Å²) in [6.45, 7) is 1.75. The monoisotopic (exact) mass is 207 g/mol. The van der Waals surface area contributed by atoms with Crippen LogP contribution in [0.4, 0.5) is 5.82 Å². The predicted molar refractivity (Wildman–Crippen MR) is 55.1 cm³/mol. The maximum atomic E-state index is 11.0. The van der Waals surface area contributed by atoms with Gasteiger partial charge in [0.1, 0.15) is 5.56 Å². The van der Waals surface area contributed by atoms with Crippen molar-refractivity contribution in [3.05, 3.63) is 17.8 Å². The van der Waals surface area contributed by atoms with Crippen molar-refractivity contribution in [3.8, 4) is 0 Å². The Morgan fingerprint density at radius 3 is 2.73 bits per heavy atom. The first-order valence-electron chi connectivity index (χ1n) is 5.09. The normalized spacial score (nSPS) is 16.4. The molecule has 15 heavy (non-hydrogen) atoms. The van der Waals surface area contributed by atoms with E-state index in [0.717, 1.165) is 25.9 Å². The lowest BCUT2D eigenvalue weighted by Crippen LogP contribution is -2.31. The molecule has 0 aromatic carbocycles. The minimum absolute atomic E-state index is 0.243. The zero-order valence-electron chi connectivity index (χ0n) is 8.39. The lowest BCUT2D eigenvalue weighted by Gasteiger charge is -2.27. The number of hydrogen-bond donors (Lipinski definition) is 1. The maximum Gasteiger partial charge on any atom is 0.339 e. The van der Waals surface area contributed by atoms with Gasteiger partial charge < -0.3 is 10.0 Å². The van der Waals surface area contributed by atoms with Gasteiger partial charge in [-0.1, -0.05) is 0 Å². The highest BCUT2D eigenvalue weighted by atomic mass is 16.4. The number of aromatic carboxylic acids is 1. The molecule has 2 rings (SSSR count). The van der Waals surface area contributed by atoms with Crippen LogP contribution in [0, 0.1) is 0 Å². The third kappa shape index (κ3) is 2.06. The van der Waals surface area contributed by atoms with Crippen molar-refractivity contribution in [2.75, 3.05) is 18.0 Å². The second kappa shape index (κ2) is 4.25. The summed E-state index contributed by atoms with van der Waals surface area (Å²) in [5.74, 6) is -0.435. The molecule has 1 aliphatic heterocycles. The van der Waals surface area contributed by atoms with Crippen molar-refractivity contribution in [3.63, 3.8) is 0 Å². The Kier molecular flexibility index (Phi) is 2.80. The van der Waals surface area contributed by atoms with E-state index in [0.29, 0.717) is 5.82 Å². The molecule has 2 heterocycles. The van der Waals surface area contributed by atoms with Crippen LogP contribution in [0.1, 0.15) is 29.6 Å². The maximum absolute atomic E-state index is 11.0. The summed E-state index contributed by atoms with van der Waals surface area (Å²) in [5.41, 5.74) is 0.243. The van der Waals surface area contributed by atoms with E-state index in [1.54, 1.807) is 0 Å². The van der Waals surface area contributed by atoms with Crippen LogP contribution in [-0.2, 0) is 0 Å². The van der Waals surface area contributed by atoms with Crippen molar-refractivity contribution >= 4 is 11.8 Å². The Bertz CT molecular complexity index is 361. The highest BCUT2D eigenvalue weighted by molar-refractivity contribution is 5.93. The standard InChI is InChI=1S/C10H13N3O2/c14-10(15)8-4-5-11-12-9(8)13-6-2-1-3-7-13/h4-5H,1-3,6-7H2,(H,14,15). The molecule has 5 nitrogen and oxygen atoms in total. The first-order chi connectivity index (χ1) is 7.29. The average Bonchev–Trinajstić information content (AvgIpc) is 2.30. The molecule has 5 heteroatoms. The van der Waals surface area contributed by atoms with E-state index in [9.17, 15) is 4.79 Å². The molecule has 0 spiro atoms. The minimum Gasteiger partial charge on any atom is -0.478 e. The molecule has 1 aromatic heterocycles. The molecule has 0 aliphatic carbocycles. The van der Waals surface area contributed by atoms with Crippen molar-refractivity contribution in [1.29, 1.82) is 0 Å². The Morgan fingerprint density at radius 1 is 1.33 bits per heavy atom. The van der Waals surface area contributed by atoms with E-state index in [2.05, 4.69) is 10.2 Å². The molecule has 0 bridgehead atoms. The smallest absolute Gasteiger partial charge is 0.339 e. The Labute approximate surface area is 87.7 Å². The third-order valence-corrected chi connectivity index (χ3v) is 2.59. The van der Waals surface area contributed by atoms with Gasteiger partial charge in [0, 0.05) is 13.1 Å². The molecule has 0 amide bonds. The van der Waals surface area contributed by atoms with Gasteiger partial charge in [-0.15, -0.1) is 5.10 Å². The number of hydrogen-bond acceptors (Lipinski definition) is 4. The highest BCUT2D eigenvalue weighted by Crippen LogP contribution is 2.20. The molecule has 1 aliphatic rings. The molecule has 0 atom stereocenters. The summed E-state index contributed by atoms with van der Waals surface area (Å²) >= 11 is 0. The molecular weight excluding hydrogens is 194 g/mol. The number of carboxylic acid groups (broad SMARTS) is 1. The second-order valence-electron chi connectivity index (χ2n) is 3.62. The van der Waals surface area contributed by atoms with Crippen molar-refractivity contribution in [2.24, 2.45) is 0 Å². The molecule has 1 aromatic rings. The van der Waals surface area contributed by atoms with E-state index >= 15 is 0 Å². The Morgan fingerprint density at radius 2 is 2.07 bits per heavy atom. The number of aromatic nitrogens is 2. The largest absolute Gasteiger partial charge is 0.478 e. The van der Waals surface area contributed by atoms with Crippen LogP contribution in [-0.4, -0.2) is 34.4 Å². The fourth-order valence-corrected chi connectivity index (χ4v) is 1.83. The first-order valence-corrected chi connectivity index (χ1v) is 5.09. The van der Waals surface area contributed by atoms with Gasteiger partial charge in [0.25, 0.3) is 0 Å². The molecular formula is C10H13N3O2. The van der Waals surface area contributed by atoms with Crippen LogP contribution in [0.5, 0.6) is 0 Å². The first kappa shape index (κ1) is 9.89. The van der Waals surface area contributed by atoms with Gasteiger partial charge in [-0.3, -0.25) is 0 Å². The summed E-state index contributed by atoms with van der Waals surface area (Å²) in [4.78, 5) is 13.0. The quantitative estimate of drug-likeness (QED) is 0.788. The summed E-state index contributed by atoms with van der Waals surface area (Å²) in [7, 11) is 0. The van der Waals surface area contributed by atoms with Gasteiger partial charge in [-0.25, -0.2) is 4.79 Å². The summed E-state index contributed by atoms with van der Waals surface area (Å²) < 4.78 is 0. The van der Waals surface area contributed by atoms with Crippen LogP contribution in [0.25, 0.3) is 0 Å². The molecule has 0 saturated carbocycles. The third-order valence-electron chi connectivity index (χ3n) is 2.59. The van der Waals surface area contributed by atoms with Crippen LogP contribution >= 0.6 is 0 Å². The SMILES string of the molecule is O=C(O)c1ccnnc1N1CCCCC1. The highest BCUT2D eigenvalue weighted by Gasteiger charge is 2.19. The average molecular weight is 207 g/mol. The Hall–Kier alpha value is -1.65. The van der Waals surface area contributed by atoms with Gasteiger partial charge in [-0.05, 0) is 25.3 Å². The van der Waals surface area contributed by atoms with Gasteiger partial charge in [0.2, 0.25) is 0 Å². The molecule has 80 valence electrons. The van der Waals surface area contributed by atoms with Crippen molar-refractivity contribution in [2.45, 2.75) is 19.3 Å². The molecule has 1 fully saturated rings. The van der Waals surface area contributed by atoms with Gasteiger partial charge in [-0.2, -0.15) is 5.10 Å². The van der Waals surface area contributed by atoms with Crippen molar-refractivity contribution in [1.82, 2.24) is 10.2 Å². The van der Waals surface area contributed by atoms with Crippen molar-refractivity contribution < 1.29 is 9.90 Å². The van der Waals surface area contributed by atoms with Crippen LogP contribution in [0.3, 0.4) is 0 Å². The zero-order valence-corrected chi connectivity index (χ0v) is 8.39. The van der Waals surface area contributed by atoms with E-state index in [4.69, 9.17) is 5.11 Å². The summed E-state index contributed by atoms with van der Waals surface area (Å²) in [6.07, 6.45) is 4.81. The zero-order chi connectivity index (χ0) is 10.7. The summed E-state index contributed by atoms with van der Waals surface area (Å²) in [6, 6.07) is 1.50. The van der Waals surface area contributed by atoms with Crippen LogP contribution in [0.2, 0.25) is 0 Å². The lowest BCUT2D eigenvalue weighted by molar-refractivity contribution is 0.0697. The van der Waals surface area contributed by atoms with E-state index < -0.39 is 5.97 Å². The van der Waals surface area contributed by atoms with Gasteiger partial charge in [0.15, 0.2) is 5.82 Å². The number of anilines is 1. The number of carboxylic acids is 1. The fraction of sp³-hybridized carbons (Fsp3) is 0.500. The van der Waals surface area contributed by atoms with E-state index in [1.165, 1.54) is 18.7 Å².